The topological polar surface area (TPSA) is 32.3 Å². The summed E-state index contributed by atoms with van der Waals surface area (Å²) in [7, 11) is 2.13. The van der Waals surface area contributed by atoms with Gasteiger partial charge in [0.2, 0.25) is 0 Å². The Balaban J connectivity index is 0.00000112. The fourth-order valence-corrected chi connectivity index (χ4v) is 1.66. The largest absolute Gasteiger partial charge is 0.353 e. The number of hydrogen-bond acceptors (Lipinski definition) is 4. The molecule has 6 heteroatoms. The molecule has 0 atom stereocenters. The van der Waals surface area contributed by atoms with Crippen LogP contribution in [0.5, 0.6) is 0 Å². The molecule has 2 rings (SSSR count). The highest BCUT2D eigenvalue weighted by molar-refractivity contribution is 6.29. The molecule has 0 bridgehead atoms. The van der Waals surface area contributed by atoms with E-state index in [1.54, 1.807) is 12.4 Å². The van der Waals surface area contributed by atoms with Crippen LogP contribution in [0.4, 0.5) is 5.82 Å². The van der Waals surface area contributed by atoms with Gasteiger partial charge in [0.15, 0.2) is 0 Å². The number of piperazine rings is 1. The number of rotatable bonds is 1. The van der Waals surface area contributed by atoms with Gasteiger partial charge < -0.3 is 9.80 Å². The first-order chi connectivity index (χ1) is 6.75. The Morgan fingerprint density at radius 1 is 1.20 bits per heavy atom. The molecular weight excluding hydrogens is 235 g/mol. The molecule has 0 spiro atoms. The van der Waals surface area contributed by atoms with Gasteiger partial charge in [-0.15, -0.1) is 12.4 Å². The highest BCUT2D eigenvalue weighted by Crippen LogP contribution is 2.13. The molecule has 0 N–H and O–H groups in total. The fourth-order valence-electron chi connectivity index (χ4n) is 1.52. The molecule has 0 amide bonds. The molecule has 1 aliphatic heterocycles. The van der Waals surface area contributed by atoms with Gasteiger partial charge >= 0.3 is 0 Å². The second-order valence-electron chi connectivity index (χ2n) is 3.49. The molecule has 84 valence electrons. The van der Waals surface area contributed by atoms with Gasteiger partial charge in [-0.1, -0.05) is 11.6 Å². The third kappa shape index (κ3) is 3.19. The number of halogens is 2. The molecule has 15 heavy (non-hydrogen) atoms. The van der Waals surface area contributed by atoms with Gasteiger partial charge in [0, 0.05) is 26.2 Å². The zero-order valence-corrected chi connectivity index (χ0v) is 10.1. The lowest BCUT2D eigenvalue weighted by molar-refractivity contribution is 0.312. The SMILES string of the molecule is CN1CCN(c2cncc(Cl)n2)CC1.Cl. The van der Waals surface area contributed by atoms with Gasteiger partial charge in [-0.2, -0.15) is 0 Å². The summed E-state index contributed by atoms with van der Waals surface area (Å²) in [6.45, 7) is 4.11. The minimum absolute atomic E-state index is 0. The van der Waals surface area contributed by atoms with Crippen LogP contribution in [-0.4, -0.2) is 48.1 Å². The van der Waals surface area contributed by atoms with Crippen LogP contribution in [0, 0.1) is 0 Å². The normalized spacial score (nSPS) is 17.3. The molecular formula is C9H14Cl2N4. The maximum absolute atomic E-state index is 5.78. The molecule has 1 fully saturated rings. The maximum atomic E-state index is 5.78. The predicted molar refractivity (Wildman–Crippen MR) is 64.0 cm³/mol. The molecule has 0 unspecified atom stereocenters. The van der Waals surface area contributed by atoms with Crippen molar-refractivity contribution in [3.8, 4) is 0 Å². The summed E-state index contributed by atoms with van der Waals surface area (Å²) in [6, 6.07) is 0. The Bertz CT molecular complexity index is 313. The number of hydrogen-bond donors (Lipinski definition) is 0. The van der Waals surface area contributed by atoms with Crippen molar-refractivity contribution in [1.82, 2.24) is 14.9 Å². The maximum Gasteiger partial charge on any atom is 0.149 e. The minimum atomic E-state index is 0. The molecule has 1 saturated heterocycles. The average molecular weight is 249 g/mol. The lowest BCUT2D eigenvalue weighted by Crippen LogP contribution is -2.44. The standard InChI is InChI=1S/C9H13ClN4.ClH/c1-13-2-4-14(5-3-13)9-7-11-6-8(10)12-9;/h6-7H,2-5H2,1H3;1H. The summed E-state index contributed by atoms with van der Waals surface area (Å²) in [4.78, 5) is 12.8. The number of anilines is 1. The Kier molecular flexibility index (Phi) is 4.57. The van der Waals surface area contributed by atoms with Gasteiger partial charge in [-0.25, -0.2) is 4.98 Å². The highest BCUT2D eigenvalue weighted by atomic mass is 35.5. The van der Waals surface area contributed by atoms with Gasteiger partial charge in [0.05, 0.1) is 12.4 Å². The smallest absolute Gasteiger partial charge is 0.149 e. The van der Waals surface area contributed by atoms with Crippen molar-refractivity contribution in [1.29, 1.82) is 0 Å². The van der Waals surface area contributed by atoms with Gasteiger partial charge in [-0.3, -0.25) is 4.98 Å². The van der Waals surface area contributed by atoms with Crippen LogP contribution in [0.1, 0.15) is 0 Å². The van der Waals surface area contributed by atoms with Crippen molar-refractivity contribution in [3.05, 3.63) is 17.5 Å². The Morgan fingerprint density at radius 2 is 1.87 bits per heavy atom. The Hall–Kier alpha value is -0.580. The zero-order chi connectivity index (χ0) is 9.97. The van der Waals surface area contributed by atoms with Crippen molar-refractivity contribution >= 4 is 29.8 Å². The Morgan fingerprint density at radius 3 is 2.47 bits per heavy atom. The van der Waals surface area contributed by atoms with E-state index in [1.165, 1.54) is 0 Å². The fraction of sp³-hybridized carbons (Fsp3) is 0.556. The molecule has 0 aromatic carbocycles. The van der Waals surface area contributed by atoms with E-state index in [9.17, 15) is 0 Å². The monoisotopic (exact) mass is 248 g/mol. The van der Waals surface area contributed by atoms with E-state index in [-0.39, 0.29) is 12.4 Å². The van der Waals surface area contributed by atoms with Crippen LogP contribution in [0.25, 0.3) is 0 Å². The van der Waals surface area contributed by atoms with Crippen LogP contribution in [0.3, 0.4) is 0 Å². The summed E-state index contributed by atoms with van der Waals surface area (Å²) in [6.07, 6.45) is 3.32. The summed E-state index contributed by atoms with van der Waals surface area (Å²) < 4.78 is 0. The number of aromatic nitrogens is 2. The second-order valence-corrected chi connectivity index (χ2v) is 3.88. The van der Waals surface area contributed by atoms with E-state index in [1.807, 2.05) is 0 Å². The van der Waals surface area contributed by atoms with E-state index in [4.69, 9.17) is 11.6 Å². The molecule has 1 aliphatic rings. The van der Waals surface area contributed by atoms with Gasteiger partial charge in [-0.05, 0) is 7.05 Å². The quantitative estimate of drug-likeness (QED) is 0.751. The van der Waals surface area contributed by atoms with E-state index < -0.39 is 0 Å². The number of nitrogens with zero attached hydrogens (tertiary/aromatic N) is 4. The highest BCUT2D eigenvalue weighted by Gasteiger charge is 2.15. The van der Waals surface area contributed by atoms with E-state index in [2.05, 4.69) is 26.8 Å². The molecule has 0 aliphatic carbocycles. The first kappa shape index (κ1) is 12.5. The van der Waals surface area contributed by atoms with Crippen LogP contribution in [0.15, 0.2) is 12.4 Å². The third-order valence-corrected chi connectivity index (χ3v) is 2.60. The van der Waals surface area contributed by atoms with E-state index >= 15 is 0 Å². The molecule has 4 nitrogen and oxygen atoms in total. The summed E-state index contributed by atoms with van der Waals surface area (Å²) in [5.74, 6) is 0.880. The molecule has 1 aromatic heterocycles. The van der Waals surface area contributed by atoms with Crippen LogP contribution in [-0.2, 0) is 0 Å². The first-order valence-corrected chi connectivity index (χ1v) is 5.04. The van der Waals surface area contributed by atoms with Crippen molar-refractivity contribution < 1.29 is 0 Å². The van der Waals surface area contributed by atoms with Crippen molar-refractivity contribution in [2.45, 2.75) is 0 Å². The molecule has 2 heterocycles. The minimum Gasteiger partial charge on any atom is -0.353 e. The number of likely N-dealkylation sites (N-methyl/N-ethyl adjacent to an activating group) is 1. The van der Waals surface area contributed by atoms with E-state index in [0.29, 0.717) is 5.15 Å². The summed E-state index contributed by atoms with van der Waals surface area (Å²) in [5.41, 5.74) is 0. The van der Waals surface area contributed by atoms with E-state index in [0.717, 1.165) is 32.0 Å². The van der Waals surface area contributed by atoms with Crippen LogP contribution >= 0.6 is 24.0 Å². The summed E-state index contributed by atoms with van der Waals surface area (Å²) >= 11 is 5.78. The first-order valence-electron chi connectivity index (χ1n) is 4.67. The van der Waals surface area contributed by atoms with Crippen molar-refractivity contribution in [2.24, 2.45) is 0 Å². The van der Waals surface area contributed by atoms with Crippen molar-refractivity contribution in [2.75, 3.05) is 38.1 Å². The lowest BCUT2D eigenvalue weighted by Gasteiger charge is -2.32. The predicted octanol–water partition coefficient (Wildman–Crippen LogP) is 1.30. The molecule has 0 saturated carbocycles. The Labute approximate surface area is 101 Å². The van der Waals surface area contributed by atoms with Gasteiger partial charge in [0.25, 0.3) is 0 Å². The van der Waals surface area contributed by atoms with Crippen molar-refractivity contribution in [3.63, 3.8) is 0 Å². The zero-order valence-electron chi connectivity index (χ0n) is 8.56. The van der Waals surface area contributed by atoms with Gasteiger partial charge in [0.1, 0.15) is 11.0 Å². The summed E-state index contributed by atoms with van der Waals surface area (Å²) in [5, 5.41) is 0.460. The van der Waals surface area contributed by atoms with Crippen LogP contribution in [0.2, 0.25) is 5.15 Å². The molecule has 0 radical (unpaired) electrons. The van der Waals surface area contributed by atoms with Crippen LogP contribution < -0.4 is 4.90 Å². The molecule has 1 aromatic rings. The third-order valence-electron chi connectivity index (χ3n) is 2.42. The average Bonchev–Trinajstić information content (AvgIpc) is 2.19. The second kappa shape index (κ2) is 5.49. The lowest BCUT2D eigenvalue weighted by atomic mass is 10.3.